The third-order valence-corrected chi connectivity index (χ3v) is 3.75. The molecule has 28 heavy (non-hydrogen) atoms. The van der Waals surface area contributed by atoms with Crippen molar-refractivity contribution in [3.05, 3.63) is 83.8 Å². The van der Waals surface area contributed by atoms with Gasteiger partial charge in [0.15, 0.2) is 0 Å². The molecule has 2 N–H and O–H groups in total. The molecule has 8 heteroatoms. The van der Waals surface area contributed by atoms with Crippen molar-refractivity contribution in [1.29, 1.82) is 0 Å². The van der Waals surface area contributed by atoms with E-state index in [2.05, 4.69) is 10.6 Å². The molecule has 2 aromatic carbocycles. The summed E-state index contributed by atoms with van der Waals surface area (Å²) in [7, 11) is 0. The fourth-order valence-corrected chi connectivity index (χ4v) is 2.44. The third kappa shape index (κ3) is 5.62. The Bertz CT molecular complexity index is 907. The Balaban J connectivity index is 1.52. The van der Waals surface area contributed by atoms with E-state index in [1.165, 1.54) is 12.1 Å². The van der Waals surface area contributed by atoms with Gasteiger partial charge in [-0.2, -0.15) is 13.2 Å². The zero-order valence-electron chi connectivity index (χ0n) is 14.6. The Labute approximate surface area is 159 Å². The number of nitrogens with one attached hydrogen (secondary N) is 2. The van der Waals surface area contributed by atoms with Gasteiger partial charge < -0.3 is 19.8 Å². The Hall–Kier alpha value is -3.26. The summed E-state index contributed by atoms with van der Waals surface area (Å²) in [6.45, 7) is 0.663. The molecule has 2 amide bonds. The number of furan rings is 1. The summed E-state index contributed by atoms with van der Waals surface area (Å²) in [5.74, 6) is 0.713. The van der Waals surface area contributed by atoms with Crippen molar-refractivity contribution in [2.75, 3.05) is 10.6 Å². The maximum atomic E-state index is 12.6. The zero-order valence-corrected chi connectivity index (χ0v) is 14.6. The molecule has 0 fully saturated rings. The molecule has 1 heterocycles. The molecular formula is C20H17F3N2O3. The second kappa shape index (κ2) is 8.62. The topological polar surface area (TPSA) is 63.5 Å². The molecule has 0 aliphatic rings. The molecule has 0 saturated carbocycles. The summed E-state index contributed by atoms with van der Waals surface area (Å²) in [4.78, 5) is 12.1. The average molecular weight is 390 g/mol. The molecule has 0 aliphatic heterocycles. The van der Waals surface area contributed by atoms with E-state index in [-0.39, 0.29) is 5.69 Å². The molecule has 0 bridgehead atoms. The van der Waals surface area contributed by atoms with Crippen molar-refractivity contribution < 1.29 is 27.1 Å². The molecule has 3 rings (SSSR count). The number of anilines is 2. The molecular weight excluding hydrogens is 373 g/mol. The van der Waals surface area contributed by atoms with Gasteiger partial charge in [-0.25, -0.2) is 4.79 Å². The fraction of sp³-hybridized carbons (Fsp3) is 0.150. The second-order valence-corrected chi connectivity index (χ2v) is 5.93. The van der Waals surface area contributed by atoms with Crippen LogP contribution in [-0.4, -0.2) is 6.03 Å². The minimum Gasteiger partial charge on any atom is -0.467 e. The highest BCUT2D eigenvalue weighted by Crippen LogP contribution is 2.29. The summed E-state index contributed by atoms with van der Waals surface area (Å²) < 4.78 is 48.4. The van der Waals surface area contributed by atoms with E-state index in [1.54, 1.807) is 30.5 Å². The summed E-state index contributed by atoms with van der Waals surface area (Å²) in [6, 6.07) is 14.3. The number of alkyl halides is 3. The lowest BCUT2D eigenvalue weighted by molar-refractivity contribution is -0.137. The van der Waals surface area contributed by atoms with Crippen LogP contribution in [0.1, 0.15) is 16.9 Å². The van der Waals surface area contributed by atoms with Crippen molar-refractivity contribution in [3.63, 3.8) is 0 Å². The predicted octanol–water partition coefficient (Wildman–Crippen LogP) is 5.66. The van der Waals surface area contributed by atoms with Crippen LogP contribution in [0.25, 0.3) is 0 Å². The van der Waals surface area contributed by atoms with Gasteiger partial charge in [0, 0.05) is 11.4 Å². The van der Waals surface area contributed by atoms with Crippen molar-refractivity contribution in [3.8, 4) is 0 Å². The maximum Gasteiger partial charge on any atom is 0.416 e. The van der Waals surface area contributed by atoms with E-state index in [0.29, 0.717) is 24.7 Å². The Morgan fingerprint density at radius 2 is 1.68 bits per heavy atom. The average Bonchev–Trinajstić information content (AvgIpc) is 3.15. The van der Waals surface area contributed by atoms with Crippen LogP contribution < -0.4 is 10.6 Å². The highest BCUT2D eigenvalue weighted by molar-refractivity contribution is 5.99. The first-order chi connectivity index (χ1) is 13.4. The van der Waals surface area contributed by atoms with Gasteiger partial charge in [0.25, 0.3) is 0 Å². The maximum absolute atomic E-state index is 12.6. The number of amides is 2. The van der Waals surface area contributed by atoms with Crippen LogP contribution >= 0.6 is 0 Å². The summed E-state index contributed by atoms with van der Waals surface area (Å²) in [5.41, 5.74) is 0.853. The highest BCUT2D eigenvalue weighted by Gasteiger charge is 2.29. The molecule has 5 nitrogen and oxygen atoms in total. The summed E-state index contributed by atoms with van der Waals surface area (Å²) in [5, 5.41) is 5.12. The van der Waals surface area contributed by atoms with Gasteiger partial charge in [0.05, 0.1) is 18.4 Å². The van der Waals surface area contributed by atoms with Crippen LogP contribution in [0, 0.1) is 0 Å². The number of halogens is 3. The quantitative estimate of drug-likeness (QED) is 0.571. The van der Waals surface area contributed by atoms with E-state index in [0.717, 1.165) is 17.7 Å². The van der Waals surface area contributed by atoms with E-state index in [1.807, 2.05) is 12.1 Å². The lowest BCUT2D eigenvalue weighted by Gasteiger charge is -2.11. The largest absolute Gasteiger partial charge is 0.467 e. The number of benzene rings is 2. The first kappa shape index (κ1) is 19.5. The minimum atomic E-state index is -4.42. The van der Waals surface area contributed by atoms with Crippen LogP contribution in [0.3, 0.4) is 0 Å². The van der Waals surface area contributed by atoms with E-state index in [9.17, 15) is 18.0 Å². The van der Waals surface area contributed by atoms with Gasteiger partial charge in [-0.15, -0.1) is 0 Å². The number of urea groups is 1. The van der Waals surface area contributed by atoms with Gasteiger partial charge in [0.2, 0.25) is 0 Å². The van der Waals surface area contributed by atoms with Crippen molar-refractivity contribution in [2.24, 2.45) is 0 Å². The first-order valence-corrected chi connectivity index (χ1v) is 8.34. The molecule has 0 spiro atoms. The number of ether oxygens (including phenoxy) is 1. The number of carbonyl (C=O) groups is 1. The Morgan fingerprint density at radius 1 is 0.929 bits per heavy atom. The monoisotopic (exact) mass is 390 g/mol. The molecule has 0 aliphatic carbocycles. The Morgan fingerprint density at radius 3 is 2.36 bits per heavy atom. The molecule has 0 radical (unpaired) electrons. The first-order valence-electron chi connectivity index (χ1n) is 8.34. The van der Waals surface area contributed by atoms with Crippen LogP contribution in [0.5, 0.6) is 0 Å². The van der Waals surface area contributed by atoms with Crippen molar-refractivity contribution in [1.82, 2.24) is 0 Å². The summed E-state index contributed by atoms with van der Waals surface area (Å²) in [6.07, 6.45) is -2.85. The second-order valence-electron chi connectivity index (χ2n) is 5.93. The number of carbonyl (C=O) groups excluding carboxylic acids is 1. The SMILES string of the molecule is O=C(Nc1ccc(C(F)(F)F)cc1)Nc1cccc(COCc2ccco2)c1. The summed E-state index contributed by atoms with van der Waals surface area (Å²) >= 11 is 0. The van der Waals surface area contributed by atoms with E-state index >= 15 is 0 Å². The van der Waals surface area contributed by atoms with Crippen LogP contribution in [0.15, 0.2) is 71.3 Å². The highest BCUT2D eigenvalue weighted by atomic mass is 19.4. The third-order valence-electron chi connectivity index (χ3n) is 3.75. The zero-order chi connectivity index (χ0) is 20.0. The van der Waals surface area contributed by atoms with Crippen molar-refractivity contribution >= 4 is 17.4 Å². The molecule has 0 atom stereocenters. The Kier molecular flexibility index (Phi) is 6.00. The van der Waals surface area contributed by atoms with Crippen LogP contribution in [-0.2, 0) is 24.1 Å². The van der Waals surface area contributed by atoms with Gasteiger partial charge in [0.1, 0.15) is 12.4 Å². The van der Waals surface area contributed by atoms with Gasteiger partial charge in [-0.1, -0.05) is 12.1 Å². The normalized spacial score (nSPS) is 11.2. The number of hydrogen-bond acceptors (Lipinski definition) is 3. The fourth-order valence-electron chi connectivity index (χ4n) is 2.44. The molecule has 1 aromatic heterocycles. The lowest BCUT2D eigenvalue weighted by Crippen LogP contribution is -2.19. The van der Waals surface area contributed by atoms with Gasteiger partial charge in [-0.05, 0) is 54.1 Å². The number of rotatable bonds is 6. The molecule has 3 aromatic rings. The smallest absolute Gasteiger partial charge is 0.416 e. The van der Waals surface area contributed by atoms with Gasteiger partial charge >= 0.3 is 12.2 Å². The molecule has 0 unspecified atom stereocenters. The predicted molar refractivity (Wildman–Crippen MR) is 97.7 cm³/mol. The minimum absolute atomic E-state index is 0.253. The van der Waals surface area contributed by atoms with Crippen LogP contribution in [0.2, 0.25) is 0 Å². The van der Waals surface area contributed by atoms with Gasteiger partial charge in [-0.3, -0.25) is 0 Å². The number of hydrogen-bond donors (Lipinski definition) is 2. The lowest BCUT2D eigenvalue weighted by atomic mass is 10.2. The standard InChI is InChI=1S/C20H17F3N2O3/c21-20(22,23)15-6-8-16(9-7-15)24-19(26)25-17-4-1-3-14(11-17)12-27-13-18-5-2-10-28-18/h1-11H,12-13H2,(H2,24,25,26). The van der Waals surface area contributed by atoms with E-state index < -0.39 is 17.8 Å². The van der Waals surface area contributed by atoms with E-state index in [4.69, 9.17) is 9.15 Å². The molecule has 146 valence electrons. The molecule has 0 saturated heterocycles. The van der Waals surface area contributed by atoms with Crippen molar-refractivity contribution in [2.45, 2.75) is 19.4 Å². The van der Waals surface area contributed by atoms with Crippen LogP contribution in [0.4, 0.5) is 29.3 Å².